The summed E-state index contributed by atoms with van der Waals surface area (Å²) in [5.74, 6) is -1.98. The van der Waals surface area contributed by atoms with E-state index < -0.39 is 17.8 Å². The summed E-state index contributed by atoms with van der Waals surface area (Å²) in [5, 5.41) is 24.0. The highest BCUT2D eigenvalue weighted by atomic mass is 35.5. The summed E-state index contributed by atoms with van der Waals surface area (Å²) in [6, 6.07) is 8.57. The fourth-order valence-electron chi connectivity index (χ4n) is 3.27. The Morgan fingerprint density at radius 3 is 2.66 bits per heavy atom. The van der Waals surface area contributed by atoms with E-state index in [1.807, 2.05) is 6.07 Å². The predicted octanol–water partition coefficient (Wildman–Crippen LogP) is 2.47. The number of anilines is 2. The maximum Gasteiger partial charge on any atom is 0.328 e. The van der Waals surface area contributed by atoms with Gasteiger partial charge in [0.25, 0.3) is 5.91 Å². The van der Waals surface area contributed by atoms with Crippen molar-refractivity contribution in [3.8, 4) is 6.07 Å². The van der Waals surface area contributed by atoms with Crippen LogP contribution in [0.15, 0.2) is 29.1 Å². The van der Waals surface area contributed by atoms with Crippen molar-refractivity contribution in [1.82, 2.24) is 19.4 Å². The number of nitriles is 1. The van der Waals surface area contributed by atoms with E-state index in [4.69, 9.17) is 16.7 Å². The van der Waals surface area contributed by atoms with E-state index >= 15 is 0 Å². The molecule has 11 heteroatoms. The lowest BCUT2D eigenvalue weighted by atomic mass is 10.1. The Kier molecular flexibility index (Phi) is 6.50. The van der Waals surface area contributed by atoms with Crippen molar-refractivity contribution < 1.29 is 14.7 Å². The second-order valence-electron chi connectivity index (χ2n) is 7.26. The second kappa shape index (κ2) is 9.11. The van der Waals surface area contributed by atoms with Gasteiger partial charge < -0.3 is 15.7 Å². The molecule has 3 N–H and O–H groups in total. The van der Waals surface area contributed by atoms with Gasteiger partial charge in [0.2, 0.25) is 0 Å². The van der Waals surface area contributed by atoms with Gasteiger partial charge in [-0.2, -0.15) is 5.26 Å². The van der Waals surface area contributed by atoms with Crippen molar-refractivity contribution in [3.63, 3.8) is 0 Å². The van der Waals surface area contributed by atoms with E-state index in [0.29, 0.717) is 23.1 Å². The minimum Gasteiger partial charge on any atom is -0.481 e. The summed E-state index contributed by atoms with van der Waals surface area (Å²) < 4.78 is 3.00. The maximum atomic E-state index is 12.7. The van der Waals surface area contributed by atoms with E-state index in [0.717, 1.165) is 0 Å². The van der Waals surface area contributed by atoms with Crippen LogP contribution in [0.4, 0.5) is 11.4 Å². The Morgan fingerprint density at radius 1 is 1.31 bits per heavy atom. The highest BCUT2D eigenvalue weighted by molar-refractivity contribution is 6.31. The Bertz CT molecular complexity index is 1320. The summed E-state index contributed by atoms with van der Waals surface area (Å²) in [7, 11) is 3.10. The molecule has 0 bridgehead atoms. The number of fused-ring (bicyclic) bond motifs is 1. The molecule has 1 atom stereocenters. The number of benzene rings is 1. The summed E-state index contributed by atoms with van der Waals surface area (Å²) >= 11 is 6.09. The highest BCUT2D eigenvalue weighted by Gasteiger charge is 2.18. The van der Waals surface area contributed by atoms with Crippen LogP contribution in [0.1, 0.15) is 29.4 Å². The first-order valence-electron chi connectivity index (χ1n) is 9.69. The van der Waals surface area contributed by atoms with Gasteiger partial charge in [-0.25, -0.2) is 9.78 Å². The monoisotopic (exact) mass is 456 g/mol. The molecule has 0 radical (unpaired) electrons. The topological polar surface area (TPSA) is 142 Å². The lowest BCUT2D eigenvalue weighted by molar-refractivity contribution is -0.141. The molecular formula is C21H21ClN6O4. The zero-order chi connectivity index (χ0) is 23.6. The van der Waals surface area contributed by atoms with Gasteiger partial charge >= 0.3 is 11.7 Å². The average Bonchev–Trinajstić information content (AvgIpc) is 3.00. The number of rotatable bonds is 7. The number of nitrogens with zero attached hydrogens (tertiary/aromatic N) is 4. The fraction of sp³-hybridized carbons (Fsp3) is 0.286. The fourth-order valence-corrected chi connectivity index (χ4v) is 3.50. The molecule has 0 aliphatic rings. The quantitative estimate of drug-likeness (QED) is 0.463. The van der Waals surface area contributed by atoms with Gasteiger partial charge in [-0.3, -0.25) is 18.7 Å². The van der Waals surface area contributed by atoms with Crippen LogP contribution in [0.2, 0.25) is 5.15 Å². The average molecular weight is 457 g/mol. The van der Waals surface area contributed by atoms with E-state index in [9.17, 15) is 19.6 Å². The third-order valence-corrected chi connectivity index (χ3v) is 5.45. The molecule has 0 saturated carbocycles. The van der Waals surface area contributed by atoms with Crippen LogP contribution in [-0.2, 0) is 18.4 Å². The molecular weight excluding hydrogens is 436 g/mol. The number of imidazole rings is 1. The molecule has 0 aliphatic carbocycles. The molecule has 0 fully saturated rings. The number of nitrogens with one attached hydrogen (secondary N) is 2. The first kappa shape index (κ1) is 22.8. The third kappa shape index (κ3) is 4.29. The molecule has 0 spiro atoms. The summed E-state index contributed by atoms with van der Waals surface area (Å²) in [6.07, 6.45) is 0.292. The van der Waals surface area contributed by atoms with Crippen molar-refractivity contribution in [1.29, 1.82) is 5.26 Å². The Hall–Kier alpha value is -3.84. The number of carbonyl (C=O) groups is 2. The van der Waals surface area contributed by atoms with Crippen LogP contribution in [0.3, 0.4) is 0 Å². The molecule has 3 aromatic rings. The van der Waals surface area contributed by atoms with Crippen LogP contribution in [0, 0.1) is 17.2 Å². The minimum absolute atomic E-state index is 0.0411. The smallest absolute Gasteiger partial charge is 0.328 e. The molecule has 1 aromatic carbocycles. The normalized spacial score (nSPS) is 11.7. The largest absolute Gasteiger partial charge is 0.481 e. The Morgan fingerprint density at radius 2 is 2.03 bits per heavy atom. The zero-order valence-electron chi connectivity index (χ0n) is 17.6. The summed E-state index contributed by atoms with van der Waals surface area (Å²) in [5.41, 5.74) is 1.95. The van der Waals surface area contributed by atoms with Crippen molar-refractivity contribution in [2.75, 3.05) is 12.4 Å². The van der Waals surface area contributed by atoms with Crippen LogP contribution < -0.4 is 16.3 Å². The first-order valence-corrected chi connectivity index (χ1v) is 10.1. The van der Waals surface area contributed by atoms with Crippen molar-refractivity contribution in [3.05, 3.63) is 51.2 Å². The number of hydrogen-bond acceptors (Lipinski definition) is 6. The molecule has 2 aromatic heterocycles. The maximum absolute atomic E-state index is 12.7. The highest BCUT2D eigenvalue weighted by Crippen LogP contribution is 2.28. The second-order valence-corrected chi connectivity index (χ2v) is 7.62. The van der Waals surface area contributed by atoms with Crippen LogP contribution >= 0.6 is 11.6 Å². The van der Waals surface area contributed by atoms with Crippen LogP contribution in [0.25, 0.3) is 11.0 Å². The Labute approximate surface area is 188 Å². The number of aromatic nitrogens is 3. The molecule has 0 saturated heterocycles. The van der Waals surface area contributed by atoms with Crippen LogP contribution in [0.5, 0.6) is 0 Å². The molecule has 10 nitrogen and oxygen atoms in total. The number of carboxylic acid groups (broad SMARTS) is 1. The molecule has 2 heterocycles. The minimum atomic E-state index is -0.925. The number of halogens is 1. The van der Waals surface area contributed by atoms with E-state index in [1.54, 1.807) is 32.2 Å². The molecule has 1 amide bonds. The van der Waals surface area contributed by atoms with Crippen LogP contribution in [-0.4, -0.2) is 38.1 Å². The predicted molar refractivity (Wildman–Crippen MR) is 119 cm³/mol. The SMILES string of the molecule is CNC(=O)c1cc(Nc2ccc3c(c2)n(CCC(C)C(=O)O)c(=O)n3C)c(C#N)c(Cl)n1. The standard InChI is InChI=1S/C21H21ClN6O4/c1-11(20(30)31)6-7-28-17-8-12(4-5-16(17)27(3)21(28)32)25-14-9-15(19(29)24-2)26-18(22)13(14)10-23/h4-5,8-9,11H,6-7H2,1-3H3,(H,24,29)(H,25,26)(H,30,31). The van der Waals surface area contributed by atoms with E-state index in [1.165, 1.54) is 22.2 Å². The molecule has 3 rings (SSSR count). The number of aryl methyl sites for hydroxylation is 2. The van der Waals surface area contributed by atoms with Gasteiger partial charge in [0.15, 0.2) is 0 Å². The number of pyridine rings is 1. The van der Waals surface area contributed by atoms with Crippen molar-refractivity contribution in [2.45, 2.75) is 19.9 Å². The van der Waals surface area contributed by atoms with E-state index in [2.05, 4.69) is 15.6 Å². The van der Waals surface area contributed by atoms with Gasteiger partial charge in [0.1, 0.15) is 22.5 Å². The molecule has 166 valence electrons. The number of aliphatic carboxylic acids is 1. The Balaban J connectivity index is 2.04. The molecule has 32 heavy (non-hydrogen) atoms. The number of amides is 1. The lowest BCUT2D eigenvalue weighted by Crippen LogP contribution is -2.24. The first-order chi connectivity index (χ1) is 15.2. The van der Waals surface area contributed by atoms with Crippen molar-refractivity contribution in [2.24, 2.45) is 13.0 Å². The molecule has 0 aliphatic heterocycles. The number of carbonyl (C=O) groups excluding carboxylic acids is 1. The van der Waals surface area contributed by atoms with E-state index in [-0.39, 0.29) is 34.3 Å². The zero-order valence-corrected chi connectivity index (χ0v) is 18.4. The third-order valence-electron chi connectivity index (χ3n) is 5.18. The van der Waals surface area contributed by atoms with Crippen molar-refractivity contribution >= 4 is 45.9 Å². The van der Waals surface area contributed by atoms with Gasteiger partial charge in [0, 0.05) is 26.3 Å². The molecule has 1 unspecified atom stereocenters. The number of hydrogen-bond donors (Lipinski definition) is 3. The van der Waals surface area contributed by atoms with Gasteiger partial charge in [-0.05, 0) is 30.7 Å². The van der Waals surface area contributed by atoms with Gasteiger partial charge in [-0.15, -0.1) is 0 Å². The summed E-state index contributed by atoms with van der Waals surface area (Å²) in [4.78, 5) is 39.8. The number of carboxylic acids is 1. The van der Waals surface area contributed by atoms with Gasteiger partial charge in [-0.1, -0.05) is 18.5 Å². The van der Waals surface area contributed by atoms with Gasteiger partial charge in [0.05, 0.1) is 22.6 Å². The lowest BCUT2D eigenvalue weighted by Gasteiger charge is -2.12. The summed E-state index contributed by atoms with van der Waals surface area (Å²) in [6.45, 7) is 1.82.